The lowest BCUT2D eigenvalue weighted by Gasteiger charge is -2.30. The molecule has 1 aliphatic rings. The average Bonchev–Trinajstić information content (AvgIpc) is 2.27. The lowest BCUT2D eigenvalue weighted by atomic mass is 10.1. The van der Waals surface area contributed by atoms with Crippen molar-refractivity contribution < 1.29 is 9.53 Å². The Bertz CT molecular complexity index is 387. The van der Waals surface area contributed by atoms with E-state index in [0.717, 1.165) is 24.5 Å². The minimum Gasteiger partial charge on any atom is -0.490 e. The van der Waals surface area contributed by atoms with Gasteiger partial charge in [-0.3, -0.25) is 4.79 Å². The molecule has 0 fully saturated rings. The molecule has 15 heavy (non-hydrogen) atoms. The summed E-state index contributed by atoms with van der Waals surface area (Å²) in [4.78, 5) is 13.5. The predicted molar refractivity (Wildman–Crippen MR) is 59.8 cm³/mol. The summed E-state index contributed by atoms with van der Waals surface area (Å²) in [5, 5.41) is 0. The third kappa shape index (κ3) is 1.82. The minimum absolute atomic E-state index is 0.0787. The van der Waals surface area contributed by atoms with Crippen LogP contribution in [0.3, 0.4) is 0 Å². The lowest BCUT2D eigenvalue weighted by Crippen LogP contribution is -2.32. The number of anilines is 1. The molecule has 80 valence electrons. The maximum atomic E-state index is 11.2. The monoisotopic (exact) mass is 205 g/mol. The minimum atomic E-state index is 0.0787. The second-order valence-electron chi connectivity index (χ2n) is 3.67. The number of ketones is 1. The van der Waals surface area contributed by atoms with Gasteiger partial charge in [0.25, 0.3) is 0 Å². The summed E-state index contributed by atoms with van der Waals surface area (Å²) >= 11 is 0. The highest BCUT2D eigenvalue weighted by molar-refractivity contribution is 5.95. The van der Waals surface area contributed by atoms with Crippen molar-refractivity contribution in [3.8, 4) is 5.75 Å². The Morgan fingerprint density at radius 2 is 2.33 bits per heavy atom. The van der Waals surface area contributed by atoms with Gasteiger partial charge < -0.3 is 9.64 Å². The average molecular weight is 205 g/mol. The van der Waals surface area contributed by atoms with Crippen molar-refractivity contribution in [1.29, 1.82) is 0 Å². The SMILES string of the molecule is CCN1CCOc2cc(C(C)=O)ccc21. The second-order valence-corrected chi connectivity index (χ2v) is 3.67. The van der Waals surface area contributed by atoms with Crippen molar-refractivity contribution in [3.63, 3.8) is 0 Å². The zero-order valence-electron chi connectivity index (χ0n) is 9.12. The molecule has 0 atom stereocenters. The summed E-state index contributed by atoms with van der Waals surface area (Å²) < 4.78 is 5.55. The molecule has 1 heterocycles. The van der Waals surface area contributed by atoms with Crippen molar-refractivity contribution in [1.82, 2.24) is 0 Å². The molecule has 0 N–H and O–H groups in total. The number of nitrogens with zero attached hydrogens (tertiary/aromatic N) is 1. The molecule has 3 nitrogen and oxygen atoms in total. The Morgan fingerprint density at radius 3 is 3.00 bits per heavy atom. The molecule has 0 aromatic heterocycles. The third-order valence-electron chi connectivity index (χ3n) is 2.71. The van der Waals surface area contributed by atoms with Gasteiger partial charge in [-0.05, 0) is 32.0 Å². The summed E-state index contributed by atoms with van der Waals surface area (Å²) in [7, 11) is 0. The normalized spacial score (nSPS) is 14.4. The maximum Gasteiger partial charge on any atom is 0.159 e. The summed E-state index contributed by atoms with van der Waals surface area (Å²) in [5.41, 5.74) is 1.81. The summed E-state index contributed by atoms with van der Waals surface area (Å²) in [5.74, 6) is 0.908. The Morgan fingerprint density at radius 1 is 1.53 bits per heavy atom. The van der Waals surface area contributed by atoms with Crippen LogP contribution in [0.4, 0.5) is 5.69 Å². The number of carbonyl (C=O) groups is 1. The van der Waals surface area contributed by atoms with Crippen LogP contribution in [-0.2, 0) is 0 Å². The van der Waals surface area contributed by atoms with Gasteiger partial charge in [-0.15, -0.1) is 0 Å². The number of likely N-dealkylation sites (N-methyl/N-ethyl adjacent to an activating group) is 1. The first-order chi connectivity index (χ1) is 7.22. The zero-order chi connectivity index (χ0) is 10.8. The van der Waals surface area contributed by atoms with Crippen LogP contribution in [0.2, 0.25) is 0 Å². The number of fused-ring (bicyclic) bond motifs is 1. The quantitative estimate of drug-likeness (QED) is 0.692. The van der Waals surface area contributed by atoms with Gasteiger partial charge in [0.1, 0.15) is 12.4 Å². The molecular formula is C12H15NO2. The molecule has 0 bridgehead atoms. The summed E-state index contributed by atoms with van der Waals surface area (Å²) in [6.07, 6.45) is 0. The van der Waals surface area contributed by atoms with E-state index in [-0.39, 0.29) is 5.78 Å². The van der Waals surface area contributed by atoms with Crippen molar-refractivity contribution in [2.75, 3.05) is 24.6 Å². The van der Waals surface area contributed by atoms with Gasteiger partial charge in [0.05, 0.1) is 12.2 Å². The number of Topliss-reactive ketones (excluding diaryl/α,β-unsaturated/α-hetero) is 1. The fourth-order valence-corrected chi connectivity index (χ4v) is 1.82. The van der Waals surface area contributed by atoms with Crippen LogP contribution in [-0.4, -0.2) is 25.5 Å². The highest BCUT2D eigenvalue weighted by Gasteiger charge is 2.17. The van der Waals surface area contributed by atoms with Crippen LogP contribution in [0.15, 0.2) is 18.2 Å². The smallest absolute Gasteiger partial charge is 0.159 e. The number of ether oxygens (including phenoxy) is 1. The van der Waals surface area contributed by atoms with Crippen molar-refractivity contribution in [2.45, 2.75) is 13.8 Å². The van der Waals surface area contributed by atoms with Crippen molar-refractivity contribution in [3.05, 3.63) is 23.8 Å². The topological polar surface area (TPSA) is 29.5 Å². The first-order valence-electron chi connectivity index (χ1n) is 5.25. The van der Waals surface area contributed by atoms with Gasteiger partial charge in [-0.1, -0.05) is 0 Å². The first kappa shape index (κ1) is 10.0. The van der Waals surface area contributed by atoms with Crippen molar-refractivity contribution in [2.24, 2.45) is 0 Å². The predicted octanol–water partition coefficient (Wildman–Crippen LogP) is 2.11. The maximum absolute atomic E-state index is 11.2. The standard InChI is InChI=1S/C12H15NO2/c1-3-13-6-7-15-12-8-10(9(2)14)4-5-11(12)13/h4-5,8H,3,6-7H2,1-2H3. The molecule has 0 amide bonds. The molecule has 0 radical (unpaired) electrons. The Hall–Kier alpha value is -1.51. The van der Waals surface area contributed by atoms with E-state index in [9.17, 15) is 4.79 Å². The van der Waals surface area contributed by atoms with E-state index in [1.807, 2.05) is 18.2 Å². The first-order valence-corrected chi connectivity index (χ1v) is 5.25. The number of carbonyl (C=O) groups excluding carboxylic acids is 1. The Labute approximate surface area is 89.7 Å². The van der Waals surface area contributed by atoms with Crippen molar-refractivity contribution >= 4 is 11.5 Å². The second kappa shape index (κ2) is 3.93. The molecular weight excluding hydrogens is 190 g/mol. The molecule has 1 aliphatic heterocycles. The molecule has 1 aromatic carbocycles. The van der Waals surface area contributed by atoms with Crippen LogP contribution in [0.5, 0.6) is 5.75 Å². The van der Waals surface area contributed by atoms with E-state index in [1.54, 1.807) is 6.92 Å². The van der Waals surface area contributed by atoms with E-state index in [4.69, 9.17) is 4.74 Å². The van der Waals surface area contributed by atoms with Gasteiger partial charge in [-0.25, -0.2) is 0 Å². The van der Waals surface area contributed by atoms with Crippen LogP contribution < -0.4 is 9.64 Å². The highest BCUT2D eigenvalue weighted by Crippen LogP contribution is 2.32. The number of hydrogen-bond acceptors (Lipinski definition) is 3. The fourth-order valence-electron chi connectivity index (χ4n) is 1.82. The van der Waals surface area contributed by atoms with Gasteiger partial charge in [0.15, 0.2) is 5.78 Å². The summed E-state index contributed by atoms with van der Waals surface area (Å²) in [6.45, 7) is 6.27. The van der Waals surface area contributed by atoms with E-state index >= 15 is 0 Å². The fraction of sp³-hybridized carbons (Fsp3) is 0.417. The number of rotatable bonds is 2. The summed E-state index contributed by atoms with van der Waals surface area (Å²) in [6, 6.07) is 5.66. The number of hydrogen-bond donors (Lipinski definition) is 0. The van der Waals surface area contributed by atoms with Gasteiger partial charge in [-0.2, -0.15) is 0 Å². The van der Waals surface area contributed by atoms with Crippen LogP contribution in [0, 0.1) is 0 Å². The van der Waals surface area contributed by atoms with Crippen LogP contribution in [0.1, 0.15) is 24.2 Å². The molecule has 3 heteroatoms. The molecule has 2 rings (SSSR count). The Balaban J connectivity index is 2.40. The van der Waals surface area contributed by atoms with Crippen LogP contribution in [0.25, 0.3) is 0 Å². The van der Waals surface area contributed by atoms with E-state index < -0.39 is 0 Å². The van der Waals surface area contributed by atoms with Gasteiger partial charge in [0.2, 0.25) is 0 Å². The van der Waals surface area contributed by atoms with E-state index in [1.165, 1.54) is 0 Å². The number of benzene rings is 1. The molecule has 0 saturated carbocycles. The molecule has 0 spiro atoms. The van der Waals surface area contributed by atoms with Gasteiger partial charge in [0, 0.05) is 12.1 Å². The third-order valence-corrected chi connectivity index (χ3v) is 2.71. The van der Waals surface area contributed by atoms with Crippen LogP contribution >= 0.6 is 0 Å². The lowest BCUT2D eigenvalue weighted by molar-refractivity contribution is 0.101. The highest BCUT2D eigenvalue weighted by atomic mass is 16.5. The molecule has 0 unspecified atom stereocenters. The molecule has 1 aromatic rings. The largest absolute Gasteiger partial charge is 0.490 e. The molecule has 0 aliphatic carbocycles. The molecule has 0 saturated heterocycles. The van der Waals surface area contributed by atoms with E-state index in [0.29, 0.717) is 12.2 Å². The Kier molecular flexibility index (Phi) is 2.62. The van der Waals surface area contributed by atoms with E-state index in [2.05, 4.69) is 11.8 Å². The van der Waals surface area contributed by atoms with Gasteiger partial charge >= 0.3 is 0 Å². The zero-order valence-corrected chi connectivity index (χ0v) is 9.12.